The van der Waals surface area contributed by atoms with Gasteiger partial charge in [-0.15, -0.1) is 0 Å². The van der Waals surface area contributed by atoms with Gasteiger partial charge in [0.25, 0.3) is 0 Å². The lowest BCUT2D eigenvalue weighted by Gasteiger charge is -2.36. The average Bonchev–Trinajstić information content (AvgIpc) is 2.97. The summed E-state index contributed by atoms with van der Waals surface area (Å²) in [4.78, 5) is 31.7. The van der Waals surface area contributed by atoms with Gasteiger partial charge in [-0.3, -0.25) is 14.6 Å². The molecule has 1 aromatic heterocycles. The molecule has 2 aromatic rings. The number of anilines is 1. The molecule has 2 fully saturated rings. The van der Waals surface area contributed by atoms with E-state index in [1.54, 1.807) is 6.07 Å². The van der Waals surface area contributed by atoms with Gasteiger partial charge in [-0.05, 0) is 62.8 Å². The maximum atomic E-state index is 13.6. The zero-order valence-electron chi connectivity index (χ0n) is 16.5. The summed E-state index contributed by atoms with van der Waals surface area (Å²) in [6, 6.07) is 8.62. The summed E-state index contributed by atoms with van der Waals surface area (Å²) in [5.41, 5.74) is 1.01. The highest BCUT2D eigenvalue weighted by Gasteiger charge is 2.49. The van der Waals surface area contributed by atoms with E-state index in [2.05, 4.69) is 4.98 Å². The Labute approximate surface area is 168 Å². The lowest BCUT2D eigenvalue weighted by molar-refractivity contribution is -0.128. The number of rotatable bonds is 4. The fourth-order valence-corrected chi connectivity index (χ4v) is 4.91. The van der Waals surface area contributed by atoms with E-state index >= 15 is 0 Å². The SMILES string of the molecule is Cc1cccc(C(=O)C[C@H]2CCC[C@]3(CCN(c4cc(F)cc(F)c4)C3=O)C2)n1. The zero-order chi connectivity index (χ0) is 20.6. The van der Waals surface area contributed by atoms with Crippen molar-refractivity contribution in [2.75, 3.05) is 11.4 Å². The number of benzene rings is 1. The fourth-order valence-electron chi connectivity index (χ4n) is 4.91. The molecule has 2 heterocycles. The molecule has 6 heteroatoms. The largest absolute Gasteiger partial charge is 0.312 e. The van der Waals surface area contributed by atoms with Crippen molar-refractivity contribution in [2.45, 2.75) is 45.4 Å². The number of ketones is 1. The summed E-state index contributed by atoms with van der Waals surface area (Å²) < 4.78 is 27.2. The summed E-state index contributed by atoms with van der Waals surface area (Å²) in [5.74, 6) is -1.33. The van der Waals surface area contributed by atoms with E-state index in [1.165, 1.54) is 17.0 Å². The fraction of sp³-hybridized carbons (Fsp3) is 0.435. The summed E-state index contributed by atoms with van der Waals surface area (Å²) >= 11 is 0. The molecule has 1 amide bonds. The Balaban J connectivity index is 1.49. The first-order chi connectivity index (χ1) is 13.9. The number of amides is 1. The number of hydrogen-bond acceptors (Lipinski definition) is 3. The van der Waals surface area contributed by atoms with Gasteiger partial charge in [0.2, 0.25) is 5.91 Å². The molecule has 1 saturated heterocycles. The van der Waals surface area contributed by atoms with E-state index in [4.69, 9.17) is 0 Å². The minimum absolute atomic E-state index is 0.00486. The quantitative estimate of drug-likeness (QED) is 0.692. The van der Waals surface area contributed by atoms with Gasteiger partial charge in [0.1, 0.15) is 17.3 Å². The first-order valence-electron chi connectivity index (χ1n) is 10.1. The van der Waals surface area contributed by atoms with Crippen molar-refractivity contribution in [2.24, 2.45) is 11.3 Å². The molecule has 1 aromatic carbocycles. The van der Waals surface area contributed by atoms with Crippen molar-refractivity contribution in [1.82, 2.24) is 4.98 Å². The average molecular weight is 398 g/mol. The topological polar surface area (TPSA) is 50.3 Å². The number of halogens is 2. The van der Waals surface area contributed by atoms with E-state index in [-0.39, 0.29) is 23.3 Å². The number of hydrogen-bond donors (Lipinski definition) is 0. The summed E-state index contributed by atoms with van der Waals surface area (Å²) in [6.07, 6.45) is 4.19. The van der Waals surface area contributed by atoms with Crippen LogP contribution in [0.15, 0.2) is 36.4 Å². The van der Waals surface area contributed by atoms with Crippen LogP contribution in [-0.2, 0) is 4.79 Å². The molecule has 1 spiro atoms. The molecule has 152 valence electrons. The van der Waals surface area contributed by atoms with Gasteiger partial charge >= 0.3 is 0 Å². The highest BCUT2D eigenvalue weighted by molar-refractivity contribution is 6.00. The van der Waals surface area contributed by atoms with Crippen LogP contribution < -0.4 is 4.90 Å². The van der Waals surface area contributed by atoms with E-state index in [9.17, 15) is 18.4 Å². The monoisotopic (exact) mass is 398 g/mol. The Hall–Kier alpha value is -2.63. The molecule has 4 nitrogen and oxygen atoms in total. The maximum Gasteiger partial charge on any atom is 0.233 e. The predicted octanol–water partition coefficient (Wildman–Crippen LogP) is 4.85. The molecule has 2 aliphatic rings. The minimum atomic E-state index is -0.688. The molecular weight excluding hydrogens is 374 g/mol. The lowest BCUT2D eigenvalue weighted by atomic mass is 9.67. The van der Waals surface area contributed by atoms with Gasteiger partial charge in [0, 0.05) is 30.4 Å². The number of Topliss-reactive ketones (excluding diaryl/α,β-unsaturated/α-hetero) is 1. The first kappa shape index (κ1) is 19.7. The molecule has 0 bridgehead atoms. The molecule has 4 rings (SSSR count). The van der Waals surface area contributed by atoms with Crippen LogP contribution >= 0.6 is 0 Å². The van der Waals surface area contributed by atoms with Crippen molar-refractivity contribution in [3.63, 3.8) is 0 Å². The second kappa shape index (κ2) is 7.65. The van der Waals surface area contributed by atoms with E-state index in [0.29, 0.717) is 31.5 Å². The Morgan fingerprint density at radius 2 is 1.97 bits per heavy atom. The van der Waals surface area contributed by atoms with Crippen molar-refractivity contribution in [1.29, 1.82) is 0 Å². The number of carbonyl (C=O) groups is 2. The molecular formula is C23H24F2N2O2. The molecule has 1 saturated carbocycles. The van der Waals surface area contributed by atoms with Crippen LogP contribution in [0.4, 0.5) is 14.5 Å². The summed E-state index contributed by atoms with van der Waals surface area (Å²) in [5, 5.41) is 0. The predicted molar refractivity (Wildman–Crippen MR) is 106 cm³/mol. The van der Waals surface area contributed by atoms with Crippen LogP contribution in [0.3, 0.4) is 0 Å². The summed E-state index contributed by atoms with van der Waals surface area (Å²) in [6.45, 7) is 2.30. The van der Waals surface area contributed by atoms with Crippen LogP contribution in [0.2, 0.25) is 0 Å². The van der Waals surface area contributed by atoms with Gasteiger partial charge in [-0.2, -0.15) is 0 Å². The Kier molecular flexibility index (Phi) is 5.19. The third kappa shape index (κ3) is 3.93. The van der Waals surface area contributed by atoms with Crippen molar-refractivity contribution in [3.05, 3.63) is 59.4 Å². The Morgan fingerprint density at radius 1 is 1.21 bits per heavy atom. The van der Waals surface area contributed by atoms with Gasteiger partial charge in [0.05, 0.1) is 5.41 Å². The number of aromatic nitrogens is 1. The molecule has 2 atom stereocenters. The van der Waals surface area contributed by atoms with Crippen molar-refractivity contribution in [3.8, 4) is 0 Å². The van der Waals surface area contributed by atoms with Gasteiger partial charge in [-0.1, -0.05) is 12.5 Å². The smallest absolute Gasteiger partial charge is 0.233 e. The van der Waals surface area contributed by atoms with Gasteiger partial charge in [-0.25, -0.2) is 8.78 Å². The Morgan fingerprint density at radius 3 is 2.69 bits per heavy atom. The number of carbonyl (C=O) groups excluding carboxylic acids is 2. The molecule has 1 aliphatic carbocycles. The number of nitrogens with zero attached hydrogens (tertiary/aromatic N) is 2. The van der Waals surface area contributed by atoms with Crippen molar-refractivity contribution >= 4 is 17.4 Å². The van der Waals surface area contributed by atoms with Crippen LogP contribution in [-0.4, -0.2) is 23.2 Å². The second-order valence-corrected chi connectivity index (χ2v) is 8.37. The zero-order valence-corrected chi connectivity index (χ0v) is 16.5. The Bertz CT molecular complexity index is 941. The van der Waals surface area contributed by atoms with Crippen molar-refractivity contribution < 1.29 is 18.4 Å². The lowest BCUT2D eigenvalue weighted by Crippen LogP contribution is -2.38. The second-order valence-electron chi connectivity index (χ2n) is 8.37. The highest BCUT2D eigenvalue weighted by Crippen LogP contribution is 2.48. The maximum absolute atomic E-state index is 13.6. The molecule has 29 heavy (non-hydrogen) atoms. The summed E-state index contributed by atoms with van der Waals surface area (Å²) in [7, 11) is 0. The number of pyridine rings is 1. The minimum Gasteiger partial charge on any atom is -0.312 e. The molecule has 1 aliphatic heterocycles. The van der Waals surface area contributed by atoms with E-state index < -0.39 is 17.0 Å². The number of aryl methyl sites for hydroxylation is 1. The van der Waals surface area contributed by atoms with Crippen LogP contribution in [0.1, 0.15) is 54.7 Å². The van der Waals surface area contributed by atoms with Crippen LogP contribution in [0.25, 0.3) is 0 Å². The van der Waals surface area contributed by atoms with E-state index in [1.807, 2.05) is 19.1 Å². The molecule has 0 unspecified atom stereocenters. The molecule has 0 N–H and O–H groups in total. The normalized spacial score (nSPS) is 24.3. The van der Waals surface area contributed by atoms with Crippen LogP contribution in [0.5, 0.6) is 0 Å². The first-order valence-corrected chi connectivity index (χ1v) is 10.1. The molecule has 0 radical (unpaired) electrons. The third-order valence-corrected chi connectivity index (χ3v) is 6.27. The third-order valence-electron chi connectivity index (χ3n) is 6.27. The highest BCUT2D eigenvalue weighted by atomic mass is 19.1. The van der Waals surface area contributed by atoms with Crippen LogP contribution in [0, 0.1) is 29.9 Å². The standard InChI is InChI=1S/C23H24F2N2O2/c1-15-4-2-6-20(26-15)21(28)10-16-5-3-7-23(14-16)8-9-27(22(23)29)19-12-17(24)11-18(25)13-19/h2,4,6,11-13,16H,3,5,7-10,14H2,1H3/t16-,23+/m1/s1. The van der Waals surface area contributed by atoms with E-state index in [0.717, 1.165) is 31.0 Å². The van der Waals surface area contributed by atoms with Gasteiger partial charge < -0.3 is 4.90 Å². The van der Waals surface area contributed by atoms with Gasteiger partial charge in [0.15, 0.2) is 5.78 Å².